The molecule has 2 heterocycles. The Morgan fingerprint density at radius 1 is 1.32 bits per heavy atom. The molecule has 1 fully saturated rings. The van der Waals surface area contributed by atoms with Gasteiger partial charge in [0, 0.05) is 46.1 Å². The predicted octanol–water partition coefficient (Wildman–Crippen LogP) is 2.91. The van der Waals surface area contributed by atoms with Crippen molar-refractivity contribution in [3.05, 3.63) is 29.8 Å². The molecule has 156 valence electrons. The van der Waals surface area contributed by atoms with Crippen molar-refractivity contribution >= 4 is 41.5 Å². The second-order valence-electron chi connectivity index (χ2n) is 7.44. The second kappa shape index (κ2) is 11.6. The highest BCUT2D eigenvalue weighted by Gasteiger charge is 2.22. The Bertz CT molecular complexity index is 662. The van der Waals surface area contributed by atoms with E-state index in [4.69, 9.17) is 4.74 Å². The van der Waals surface area contributed by atoms with E-state index < -0.39 is 0 Å². The molecule has 3 rings (SSSR count). The van der Waals surface area contributed by atoms with Gasteiger partial charge in [0.2, 0.25) is 5.91 Å². The molecule has 0 bridgehead atoms. The Morgan fingerprint density at radius 3 is 2.82 bits per heavy atom. The largest absolute Gasteiger partial charge is 0.381 e. The summed E-state index contributed by atoms with van der Waals surface area (Å²) in [6.07, 6.45) is 5.49. The van der Waals surface area contributed by atoms with Crippen LogP contribution in [0.1, 0.15) is 31.2 Å². The summed E-state index contributed by atoms with van der Waals surface area (Å²) in [5, 5.41) is 3.24. The third-order valence-corrected chi connectivity index (χ3v) is 5.60. The zero-order valence-corrected chi connectivity index (χ0v) is 19.4. The van der Waals surface area contributed by atoms with Crippen molar-refractivity contribution in [3.63, 3.8) is 0 Å². The van der Waals surface area contributed by atoms with Crippen LogP contribution in [0.4, 0.5) is 5.69 Å². The monoisotopic (exact) mass is 500 g/mol. The van der Waals surface area contributed by atoms with Gasteiger partial charge >= 0.3 is 0 Å². The first-order valence-electron chi connectivity index (χ1n) is 10.1. The first-order valence-corrected chi connectivity index (χ1v) is 10.1. The lowest BCUT2D eigenvalue weighted by atomic mass is 9.96. The lowest BCUT2D eigenvalue weighted by Crippen LogP contribution is -2.47. The van der Waals surface area contributed by atoms with E-state index >= 15 is 0 Å². The average Bonchev–Trinajstić information content (AvgIpc) is 2.72. The van der Waals surface area contributed by atoms with Crippen molar-refractivity contribution in [2.45, 2.75) is 32.1 Å². The number of halogens is 1. The molecule has 0 atom stereocenters. The van der Waals surface area contributed by atoms with Crippen molar-refractivity contribution in [2.75, 3.05) is 51.8 Å². The molecule has 1 aromatic carbocycles. The van der Waals surface area contributed by atoms with E-state index in [9.17, 15) is 4.79 Å². The van der Waals surface area contributed by atoms with Crippen LogP contribution in [0.2, 0.25) is 0 Å². The Hall–Kier alpha value is -1.35. The van der Waals surface area contributed by atoms with Crippen molar-refractivity contribution in [3.8, 4) is 0 Å². The number of nitrogens with one attached hydrogen (secondary N) is 1. The number of rotatable bonds is 5. The van der Waals surface area contributed by atoms with Gasteiger partial charge in [0.05, 0.1) is 6.54 Å². The number of carbonyl (C=O) groups is 1. The summed E-state index contributed by atoms with van der Waals surface area (Å²) in [5.74, 6) is 1.60. The maximum absolute atomic E-state index is 12.8. The number of hydrogen-bond acceptors (Lipinski definition) is 3. The van der Waals surface area contributed by atoms with E-state index in [-0.39, 0.29) is 36.4 Å². The SMILES string of the molecule is CN=C(NCC(=O)N1CCCc2ccccc21)N(C)CCC1CCOCC1.I. The number of carbonyl (C=O) groups excluding carboxylic acids is 1. The summed E-state index contributed by atoms with van der Waals surface area (Å²) in [5.41, 5.74) is 2.31. The Balaban J connectivity index is 0.00000280. The average molecular weight is 500 g/mol. The third-order valence-electron chi connectivity index (χ3n) is 5.60. The highest BCUT2D eigenvalue weighted by Crippen LogP contribution is 2.26. The number of guanidine groups is 1. The van der Waals surface area contributed by atoms with E-state index in [1.54, 1.807) is 7.05 Å². The highest BCUT2D eigenvalue weighted by atomic mass is 127. The highest BCUT2D eigenvalue weighted by molar-refractivity contribution is 14.0. The van der Waals surface area contributed by atoms with Crippen LogP contribution in [0.5, 0.6) is 0 Å². The maximum Gasteiger partial charge on any atom is 0.246 e. The van der Waals surface area contributed by atoms with Crippen molar-refractivity contribution in [1.29, 1.82) is 0 Å². The topological polar surface area (TPSA) is 57.2 Å². The van der Waals surface area contributed by atoms with Crippen LogP contribution < -0.4 is 10.2 Å². The van der Waals surface area contributed by atoms with Crippen LogP contribution in [0.3, 0.4) is 0 Å². The molecule has 1 amide bonds. The van der Waals surface area contributed by atoms with Gasteiger partial charge < -0.3 is 19.9 Å². The predicted molar refractivity (Wildman–Crippen MR) is 125 cm³/mol. The Kier molecular flexibility index (Phi) is 9.50. The smallest absolute Gasteiger partial charge is 0.246 e. The number of anilines is 1. The fourth-order valence-corrected chi connectivity index (χ4v) is 3.94. The van der Waals surface area contributed by atoms with Gasteiger partial charge in [0.25, 0.3) is 0 Å². The number of hydrogen-bond donors (Lipinski definition) is 1. The standard InChI is InChI=1S/C21H32N4O2.HI/c1-22-21(24(2)13-9-17-10-14-27-15-11-17)23-16-20(26)25-12-5-7-18-6-3-4-8-19(18)25;/h3-4,6,8,17H,5,7,9-16H2,1-2H3,(H,22,23);1H. The van der Waals surface area contributed by atoms with E-state index in [0.717, 1.165) is 76.0 Å². The number of amides is 1. The first-order chi connectivity index (χ1) is 13.2. The van der Waals surface area contributed by atoms with Crippen LogP contribution in [0.15, 0.2) is 29.3 Å². The number of para-hydroxylation sites is 1. The molecule has 1 saturated heterocycles. The van der Waals surface area contributed by atoms with Crippen LogP contribution in [0, 0.1) is 5.92 Å². The minimum absolute atomic E-state index is 0. The van der Waals surface area contributed by atoms with Gasteiger partial charge in [-0.1, -0.05) is 18.2 Å². The molecule has 1 N–H and O–H groups in total. The summed E-state index contributed by atoms with van der Waals surface area (Å²) in [6, 6.07) is 8.20. The molecule has 6 nitrogen and oxygen atoms in total. The normalized spacial score (nSPS) is 17.5. The Morgan fingerprint density at radius 2 is 2.07 bits per heavy atom. The minimum atomic E-state index is 0. The maximum atomic E-state index is 12.8. The third kappa shape index (κ3) is 6.07. The molecule has 0 aliphatic carbocycles. The van der Waals surface area contributed by atoms with E-state index in [2.05, 4.69) is 21.3 Å². The summed E-state index contributed by atoms with van der Waals surface area (Å²) in [4.78, 5) is 21.2. The summed E-state index contributed by atoms with van der Waals surface area (Å²) >= 11 is 0. The molecule has 7 heteroatoms. The van der Waals surface area contributed by atoms with Gasteiger partial charge in [-0.15, -0.1) is 24.0 Å². The quantitative estimate of drug-likeness (QED) is 0.384. The molecule has 28 heavy (non-hydrogen) atoms. The van der Waals surface area contributed by atoms with Gasteiger partial charge in [-0.25, -0.2) is 0 Å². The van der Waals surface area contributed by atoms with E-state index in [1.807, 2.05) is 30.1 Å². The fraction of sp³-hybridized carbons (Fsp3) is 0.619. The number of ether oxygens (including phenoxy) is 1. The van der Waals surface area contributed by atoms with Crippen molar-refractivity contribution in [2.24, 2.45) is 10.9 Å². The molecule has 2 aliphatic rings. The zero-order valence-electron chi connectivity index (χ0n) is 17.0. The number of aryl methyl sites for hydroxylation is 1. The number of nitrogens with zero attached hydrogens (tertiary/aromatic N) is 3. The van der Waals surface area contributed by atoms with Crippen LogP contribution in [0.25, 0.3) is 0 Å². The minimum Gasteiger partial charge on any atom is -0.381 e. The number of benzene rings is 1. The van der Waals surface area contributed by atoms with Gasteiger partial charge in [-0.2, -0.15) is 0 Å². The molecule has 0 radical (unpaired) electrons. The summed E-state index contributed by atoms with van der Waals surface area (Å²) in [6.45, 7) is 3.75. The van der Waals surface area contributed by atoms with Crippen molar-refractivity contribution < 1.29 is 9.53 Å². The number of aliphatic imine (C=N–C) groups is 1. The second-order valence-corrected chi connectivity index (χ2v) is 7.44. The molecular formula is C21H33IN4O2. The van der Waals surface area contributed by atoms with Gasteiger partial charge in [0.1, 0.15) is 0 Å². The van der Waals surface area contributed by atoms with Crippen LogP contribution >= 0.6 is 24.0 Å². The van der Waals surface area contributed by atoms with Gasteiger partial charge in [-0.3, -0.25) is 9.79 Å². The molecule has 0 spiro atoms. The van der Waals surface area contributed by atoms with Crippen LogP contribution in [-0.2, 0) is 16.0 Å². The summed E-state index contributed by atoms with van der Waals surface area (Å²) < 4.78 is 5.43. The molecule has 0 unspecified atom stereocenters. The Labute approximate surface area is 185 Å². The lowest BCUT2D eigenvalue weighted by Gasteiger charge is -2.30. The fourth-order valence-electron chi connectivity index (χ4n) is 3.94. The van der Waals surface area contributed by atoms with Gasteiger partial charge in [-0.05, 0) is 49.7 Å². The number of fused-ring (bicyclic) bond motifs is 1. The molecule has 0 aromatic heterocycles. The molecule has 2 aliphatic heterocycles. The molecular weight excluding hydrogens is 467 g/mol. The first kappa shape index (κ1) is 22.9. The summed E-state index contributed by atoms with van der Waals surface area (Å²) in [7, 11) is 3.81. The van der Waals surface area contributed by atoms with Gasteiger partial charge in [0.15, 0.2) is 5.96 Å². The zero-order chi connectivity index (χ0) is 19.1. The van der Waals surface area contributed by atoms with E-state index in [1.165, 1.54) is 5.56 Å². The lowest BCUT2D eigenvalue weighted by molar-refractivity contribution is -0.117. The van der Waals surface area contributed by atoms with Crippen LogP contribution in [-0.4, -0.2) is 63.7 Å². The van der Waals surface area contributed by atoms with E-state index in [0.29, 0.717) is 0 Å². The molecule has 0 saturated carbocycles. The molecule has 1 aromatic rings. The van der Waals surface area contributed by atoms with Crippen molar-refractivity contribution in [1.82, 2.24) is 10.2 Å².